The van der Waals surface area contributed by atoms with Gasteiger partial charge in [0.05, 0.1) is 25.4 Å². The van der Waals surface area contributed by atoms with E-state index < -0.39 is 69.5 Å². The lowest BCUT2D eigenvalue weighted by molar-refractivity contribution is -0.115. The number of ether oxygens (including phenoxy) is 2. The Morgan fingerprint density at radius 3 is 1.39 bits per heavy atom. The van der Waals surface area contributed by atoms with Crippen molar-refractivity contribution in [2.75, 3.05) is 14.2 Å². The maximum Gasteiger partial charge on any atom is 0.417 e. The van der Waals surface area contributed by atoms with Gasteiger partial charge in [0, 0.05) is 17.6 Å². The normalized spacial score (nSPS) is 17.4. The molecule has 0 heterocycles. The molecule has 0 bridgehead atoms. The first kappa shape index (κ1) is 24.0. The van der Waals surface area contributed by atoms with Crippen molar-refractivity contribution in [1.29, 1.82) is 0 Å². The second-order valence-electron chi connectivity index (χ2n) is 6.98. The molecule has 2 aromatic carbocycles. The van der Waals surface area contributed by atoms with Gasteiger partial charge in [0.2, 0.25) is 0 Å². The summed E-state index contributed by atoms with van der Waals surface area (Å²) in [6, 6.07) is 5.30. The van der Waals surface area contributed by atoms with E-state index in [0.29, 0.717) is 0 Å². The van der Waals surface area contributed by atoms with Gasteiger partial charge in [0.15, 0.2) is 28.8 Å². The quantitative estimate of drug-likeness (QED) is 0.457. The monoisotopic (exact) mass is 474 g/mol. The minimum Gasteiger partial charge on any atom is -0.504 e. The van der Waals surface area contributed by atoms with Crippen LogP contribution in [0.25, 0.3) is 11.1 Å². The molecule has 0 saturated heterocycles. The highest BCUT2D eigenvalue weighted by Crippen LogP contribution is 2.49. The zero-order valence-corrected chi connectivity index (χ0v) is 17.1. The van der Waals surface area contributed by atoms with Crippen LogP contribution in [0.4, 0.5) is 26.3 Å². The Kier molecular flexibility index (Phi) is 6.10. The molecule has 0 unspecified atom stereocenters. The molecule has 11 heteroatoms. The van der Waals surface area contributed by atoms with E-state index in [2.05, 4.69) is 0 Å². The number of Topliss-reactive ketones (excluding diaryl/α,β-unsaturated/α-hetero) is 1. The summed E-state index contributed by atoms with van der Waals surface area (Å²) in [6.45, 7) is 0. The number of halogens is 6. The number of carbonyl (C=O) groups excluding carboxylic acids is 1. The molecule has 0 radical (unpaired) electrons. The van der Waals surface area contributed by atoms with Crippen molar-refractivity contribution in [3.8, 4) is 23.0 Å². The zero-order chi connectivity index (χ0) is 24.7. The fraction of sp³-hybridized carbons (Fsp3) is 0.227. The van der Waals surface area contributed by atoms with Gasteiger partial charge in [-0.25, -0.2) is 0 Å². The van der Waals surface area contributed by atoms with E-state index in [9.17, 15) is 41.4 Å². The molecule has 1 aliphatic rings. The molecule has 0 atom stereocenters. The summed E-state index contributed by atoms with van der Waals surface area (Å²) >= 11 is 0. The van der Waals surface area contributed by atoms with Crippen LogP contribution in [0.5, 0.6) is 23.0 Å². The van der Waals surface area contributed by atoms with Gasteiger partial charge in [-0.1, -0.05) is 12.1 Å². The number of carbonyl (C=O) groups is 1. The lowest BCUT2D eigenvalue weighted by Gasteiger charge is -2.29. The van der Waals surface area contributed by atoms with Crippen LogP contribution in [0.15, 0.2) is 47.5 Å². The Hall–Kier alpha value is -3.63. The van der Waals surface area contributed by atoms with Crippen LogP contribution in [0.1, 0.15) is 17.5 Å². The van der Waals surface area contributed by atoms with Gasteiger partial charge < -0.3 is 19.7 Å². The van der Waals surface area contributed by atoms with E-state index in [1.165, 1.54) is 0 Å². The topological polar surface area (TPSA) is 76.0 Å². The number of hydrogen-bond acceptors (Lipinski definition) is 5. The molecule has 0 spiro atoms. The van der Waals surface area contributed by atoms with E-state index in [4.69, 9.17) is 9.47 Å². The average molecular weight is 474 g/mol. The Balaban J connectivity index is 2.19. The molecule has 1 fully saturated rings. The van der Waals surface area contributed by atoms with E-state index in [0.717, 1.165) is 50.6 Å². The van der Waals surface area contributed by atoms with Gasteiger partial charge in [0.25, 0.3) is 0 Å². The number of ketones is 1. The molecule has 1 saturated carbocycles. The summed E-state index contributed by atoms with van der Waals surface area (Å²) in [5, 5.41) is 19.2. The minimum atomic E-state index is -5.07. The van der Waals surface area contributed by atoms with Crippen LogP contribution in [-0.4, -0.2) is 42.6 Å². The summed E-state index contributed by atoms with van der Waals surface area (Å²) < 4.78 is 92.5. The Morgan fingerprint density at radius 2 is 1.12 bits per heavy atom. The van der Waals surface area contributed by atoms with Gasteiger partial charge in [-0.3, -0.25) is 4.79 Å². The number of allylic oxidation sites excluding steroid dienone is 4. The molecule has 1 aliphatic carbocycles. The summed E-state index contributed by atoms with van der Waals surface area (Å²) in [6.07, 6.45) is -11.0. The standard InChI is InChI=1S/C22H16F6O5/c1-32-16-7-10(3-5-14(16)29)18(21(23,24)25)12-9-13(20(12)31)19(22(26,27)28)11-4-6-15(30)17(8-11)33-2/h3-8,29-30H,9H2,1-2H3/b18-12-,19-13-. The predicted molar refractivity (Wildman–Crippen MR) is 105 cm³/mol. The lowest BCUT2D eigenvalue weighted by atomic mass is 9.75. The molecule has 2 N–H and O–H groups in total. The van der Waals surface area contributed by atoms with E-state index >= 15 is 0 Å². The molecule has 0 aliphatic heterocycles. The average Bonchev–Trinajstić information content (AvgIpc) is 2.72. The summed E-state index contributed by atoms with van der Waals surface area (Å²) in [4.78, 5) is 12.7. The lowest BCUT2D eigenvalue weighted by Crippen LogP contribution is -2.29. The minimum absolute atomic E-state index is 0.301. The maximum atomic E-state index is 13.8. The molecular weight excluding hydrogens is 458 g/mol. The second kappa shape index (κ2) is 8.38. The number of hydrogen-bond donors (Lipinski definition) is 2. The number of methoxy groups -OCH3 is 2. The fourth-order valence-electron chi connectivity index (χ4n) is 3.50. The fourth-order valence-corrected chi connectivity index (χ4v) is 3.50. The maximum absolute atomic E-state index is 13.8. The first-order valence-electron chi connectivity index (χ1n) is 9.19. The summed E-state index contributed by atoms with van der Waals surface area (Å²) in [5.74, 6) is -2.91. The van der Waals surface area contributed by atoms with E-state index in [1.807, 2.05) is 0 Å². The van der Waals surface area contributed by atoms with Gasteiger partial charge in [-0.15, -0.1) is 0 Å². The van der Waals surface area contributed by atoms with Crippen molar-refractivity contribution in [3.05, 3.63) is 58.7 Å². The third-order valence-corrected chi connectivity index (χ3v) is 5.01. The SMILES string of the molecule is COc1cc(/C(=C2\C/C(=C(\c3ccc(O)c(OC)c3)C(F)(F)F)C2=O)C(F)(F)F)ccc1O. The molecule has 33 heavy (non-hydrogen) atoms. The number of phenolic OH excluding ortho intramolecular Hbond substituents is 2. The van der Waals surface area contributed by atoms with Crippen LogP contribution in [-0.2, 0) is 4.79 Å². The highest BCUT2D eigenvalue weighted by Gasteiger charge is 2.48. The summed E-state index contributed by atoms with van der Waals surface area (Å²) in [5.41, 5.74) is -5.62. The van der Waals surface area contributed by atoms with Crippen LogP contribution in [0, 0.1) is 0 Å². The Morgan fingerprint density at radius 1 is 0.758 bits per heavy atom. The van der Waals surface area contributed by atoms with Crippen LogP contribution in [0.3, 0.4) is 0 Å². The summed E-state index contributed by atoms with van der Waals surface area (Å²) in [7, 11) is 2.21. The van der Waals surface area contributed by atoms with Crippen molar-refractivity contribution in [3.63, 3.8) is 0 Å². The Labute approximate surface area is 183 Å². The van der Waals surface area contributed by atoms with Crippen molar-refractivity contribution in [2.45, 2.75) is 18.8 Å². The van der Waals surface area contributed by atoms with E-state index in [1.54, 1.807) is 0 Å². The van der Waals surface area contributed by atoms with Gasteiger partial charge in [-0.2, -0.15) is 26.3 Å². The highest BCUT2D eigenvalue weighted by molar-refractivity contribution is 6.24. The first-order chi connectivity index (χ1) is 15.3. The molecule has 2 aromatic rings. The van der Waals surface area contributed by atoms with Crippen molar-refractivity contribution >= 4 is 16.9 Å². The molecule has 3 rings (SSSR count). The van der Waals surface area contributed by atoms with Gasteiger partial charge >= 0.3 is 12.4 Å². The largest absolute Gasteiger partial charge is 0.504 e. The third kappa shape index (κ3) is 4.48. The number of benzene rings is 2. The molecular formula is C22H16F6O5. The highest BCUT2D eigenvalue weighted by atomic mass is 19.4. The number of rotatable bonds is 4. The van der Waals surface area contributed by atoms with E-state index in [-0.39, 0.29) is 11.5 Å². The van der Waals surface area contributed by atoms with Crippen molar-refractivity contribution < 1.29 is 50.8 Å². The molecule has 176 valence electrons. The second-order valence-corrected chi connectivity index (χ2v) is 6.98. The van der Waals surface area contributed by atoms with Crippen LogP contribution >= 0.6 is 0 Å². The van der Waals surface area contributed by atoms with Crippen LogP contribution < -0.4 is 9.47 Å². The molecule has 0 amide bonds. The van der Waals surface area contributed by atoms with Gasteiger partial charge in [-0.05, 0) is 35.4 Å². The number of aromatic hydroxyl groups is 2. The smallest absolute Gasteiger partial charge is 0.417 e. The molecule has 0 aromatic heterocycles. The predicted octanol–water partition coefficient (Wildman–Crippen LogP) is 5.42. The Bertz CT molecular complexity index is 1090. The van der Waals surface area contributed by atoms with Crippen LogP contribution in [0.2, 0.25) is 0 Å². The zero-order valence-electron chi connectivity index (χ0n) is 17.1. The third-order valence-electron chi connectivity index (χ3n) is 5.01. The van der Waals surface area contributed by atoms with Crippen molar-refractivity contribution in [1.82, 2.24) is 0 Å². The number of alkyl halides is 6. The molecule has 5 nitrogen and oxygen atoms in total. The van der Waals surface area contributed by atoms with Gasteiger partial charge in [0.1, 0.15) is 0 Å². The van der Waals surface area contributed by atoms with Crippen molar-refractivity contribution in [2.24, 2.45) is 0 Å². The number of phenols is 2. The first-order valence-corrected chi connectivity index (χ1v) is 9.19.